The Morgan fingerprint density at radius 3 is 2.60 bits per heavy atom. The van der Waals surface area contributed by atoms with Crippen LogP contribution in [0.4, 0.5) is 16.0 Å². The lowest BCUT2D eigenvalue weighted by molar-refractivity contribution is -0.0480. The second-order valence-electron chi connectivity index (χ2n) is 15.1. The molecule has 264 valence electrons. The van der Waals surface area contributed by atoms with E-state index >= 15 is 4.39 Å². The molecule has 1 N–H and O–H groups in total. The average Bonchev–Trinajstić information content (AvgIpc) is 3.41. The second kappa shape index (κ2) is 13.6. The van der Waals surface area contributed by atoms with Gasteiger partial charge in [-0.2, -0.15) is 0 Å². The molecule has 2 bridgehead atoms. The van der Waals surface area contributed by atoms with Gasteiger partial charge in [0.1, 0.15) is 11.6 Å². The summed E-state index contributed by atoms with van der Waals surface area (Å²) >= 11 is 0. The number of ether oxygens (including phenoxy) is 2. The number of halogens is 1. The van der Waals surface area contributed by atoms with Crippen molar-refractivity contribution in [2.45, 2.75) is 83.9 Å². The first-order valence-electron chi connectivity index (χ1n) is 18.4. The van der Waals surface area contributed by atoms with Crippen molar-refractivity contribution in [3.63, 3.8) is 0 Å². The molecule has 10 nitrogen and oxygen atoms in total. The number of methoxy groups -OCH3 is 1. The number of carbonyl (C=O) groups is 1. The molecule has 1 saturated carbocycles. The Labute approximate surface area is 293 Å². The van der Waals surface area contributed by atoms with Crippen molar-refractivity contribution in [2.75, 3.05) is 50.1 Å². The summed E-state index contributed by atoms with van der Waals surface area (Å²) in [4.78, 5) is 32.5. The fourth-order valence-electron chi connectivity index (χ4n) is 8.60. The molecule has 1 aliphatic carbocycles. The minimum Gasteiger partial charge on any atom is -0.493 e. The number of hydrogen-bond acceptors (Lipinski definition) is 8. The van der Waals surface area contributed by atoms with Gasteiger partial charge in [-0.15, -0.1) is 0 Å². The molecule has 0 unspecified atom stereocenters. The van der Waals surface area contributed by atoms with Crippen LogP contribution < -0.4 is 15.0 Å². The van der Waals surface area contributed by atoms with Crippen molar-refractivity contribution in [1.29, 1.82) is 0 Å². The van der Waals surface area contributed by atoms with Crippen molar-refractivity contribution >= 4 is 28.6 Å². The largest absolute Gasteiger partial charge is 0.493 e. The van der Waals surface area contributed by atoms with Crippen LogP contribution >= 0.6 is 0 Å². The number of rotatable bonds is 3. The summed E-state index contributed by atoms with van der Waals surface area (Å²) in [5, 5.41) is 3.07. The number of amides is 1. The Morgan fingerprint density at radius 2 is 1.82 bits per heavy atom. The van der Waals surface area contributed by atoms with Crippen LogP contribution in [-0.4, -0.2) is 82.4 Å². The molecule has 1 atom stereocenters. The summed E-state index contributed by atoms with van der Waals surface area (Å²) in [6.07, 6.45) is 12.5. The van der Waals surface area contributed by atoms with E-state index in [0.717, 1.165) is 75.8 Å². The Kier molecular flexibility index (Phi) is 8.97. The Morgan fingerprint density at radius 1 is 1.04 bits per heavy atom. The monoisotopic (exact) mass is 681 g/mol. The molecule has 4 aliphatic rings. The number of pyridine rings is 2. The molecule has 3 fully saturated rings. The first-order valence-corrected chi connectivity index (χ1v) is 18.4. The van der Waals surface area contributed by atoms with Gasteiger partial charge in [-0.05, 0) is 107 Å². The van der Waals surface area contributed by atoms with Crippen LogP contribution in [0.25, 0.3) is 22.3 Å². The van der Waals surface area contributed by atoms with E-state index in [0.29, 0.717) is 70.6 Å². The lowest BCUT2D eigenvalue weighted by Crippen LogP contribution is -2.54. The highest BCUT2D eigenvalue weighted by Crippen LogP contribution is 2.44. The molecule has 2 saturated heterocycles. The van der Waals surface area contributed by atoms with Crippen molar-refractivity contribution < 1.29 is 18.7 Å². The van der Waals surface area contributed by atoms with E-state index in [4.69, 9.17) is 19.4 Å². The molecule has 3 aromatic heterocycles. The molecule has 8 rings (SSSR count). The van der Waals surface area contributed by atoms with Crippen molar-refractivity contribution in [1.82, 2.24) is 24.4 Å². The highest BCUT2D eigenvalue weighted by atomic mass is 19.1. The highest BCUT2D eigenvalue weighted by molar-refractivity contribution is 6.05. The van der Waals surface area contributed by atoms with Gasteiger partial charge in [-0.1, -0.05) is 6.92 Å². The van der Waals surface area contributed by atoms with Gasteiger partial charge in [0.05, 0.1) is 40.7 Å². The van der Waals surface area contributed by atoms with Crippen molar-refractivity contribution in [3.8, 4) is 17.0 Å². The summed E-state index contributed by atoms with van der Waals surface area (Å²) < 4.78 is 29.7. The van der Waals surface area contributed by atoms with Crippen LogP contribution in [0.15, 0.2) is 42.7 Å². The topological polar surface area (TPSA) is 97.6 Å². The number of aromatic nitrogens is 4. The van der Waals surface area contributed by atoms with Crippen LogP contribution in [0.2, 0.25) is 0 Å². The number of imidazole rings is 1. The molecular formula is C39H48FN7O3. The standard InChI is InChI=1S/C39H48FN7O3/c1-25-5-4-16-50-36-6-11-41-23-30(36)32-18-27(17-26(2)42-32)37(48)44-38-43-33-21-31(40)34(22-35(33)47(38)24-25)46-14-9-39(10-15-46)7-12-45(13-8-39)28-19-29(20-28)49-3/h6,11,17-18,21-23,25,28-29H,4-5,7-10,12-16,19-20,24H2,1-3H3,(H,43,44,48)/t25-,28?,29?/m1/s1. The van der Waals surface area contributed by atoms with Crippen molar-refractivity contribution in [3.05, 3.63) is 59.8 Å². The van der Waals surface area contributed by atoms with Crippen LogP contribution in [0, 0.1) is 24.1 Å². The number of aryl methyl sites for hydroxylation is 1. The van der Waals surface area contributed by atoms with Gasteiger partial charge >= 0.3 is 0 Å². The minimum absolute atomic E-state index is 0.258. The van der Waals surface area contributed by atoms with E-state index in [1.54, 1.807) is 30.6 Å². The SMILES string of the molecule is COC1CC(N2CCC3(CCN(c4cc5c(cc4F)nc4n5C[C@H](C)CCCOc5ccncc5-c5cc(cc(C)n5)C(=O)N4)CC3)CC2)C1. The maximum atomic E-state index is 15.9. The smallest absolute Gasteiger partial charge is 0.258 e. The number of piperidine rings is 2. The van der Waals surface area contributed by atoms with E-state index in [-0.39, 0.29) is 17.6 Å². The van der Waals surface area contributed by atoms with Gasteiger partial charge in [0.2, 0.25) is 5.95 Å². The van der Waals surface area contributed by atoms with Gasteiger partial charge in [-0.25, -0.2) is 9.37 Å². The van der Waals surface area contributed by atoms with Gasteiger partial charge in [0.15, 0.2) is 0 Å². The summed E-state index contributed by atoms with van der Waals surface area (Å²) in [7, 11) is 1.82. The molecule has 1 amide bonds. The Balaban J connectivity index is 1.04. The molecular weight excluding hydrogens is 633 g/mol. The summed E-state index contributed by atoms with van der Waals surface area (Å²) in [6, 6.07) is 9.54. The number of benzene rings is 1. The van der Waals surface area contributed by atoms with Crippen molar-refractivity contribution in [2.24, 2.45) is 11.3 Å². The second-order valence-corrected chi connectivity index (χ2v) is 15.1. The van der Waals surface area contributed by atoms with Crippen LogP contribution in [-0.2, 0) is 11.3 Å². The molecule has 1 spiro atoms. The highest BCUT2D eigenvalue weighted by Gasteiger charge is 2.42. The summed E-state index contributed by atoms with van der Waals surface area (Å²) in [5.41, 5.74) is 4.86. The zero-order valence-electron chi connectivity index (χ0n) is 29.5. The number of hydrogen-bond donors (Lipinski definition) is 1. The van der Waals surface area contributed by atoms with E-state index in [1.165, 1.54) is 12.8 Å². The predicted octanol–water partition coefficient (Wildman–Crippen LogP) is 6.86. The van der Waals surface area contributed by atoms with Crippen LogP contribution in [0.3, 0.4) is 0 Å². The van der Waals surface area contributed by atoms with Gasteiger partial charge in [0, 0.05) is 62.5 Å². The van der Waals surface area contributed by atoms with Gasteiger partial charge < -0.3 is 23.8 Å². The molecule has 4 aromatic rings. The maximum Gasteiger partial charge on any atom is 0.258 e. The molecule has 50 heavy (non-hydrogen) atoms. The fourth-order valence-corrected chi connectivity index (χ4v) is 8.60. The molecule has 1 aromatic carbocycles. The first kappa shape index (κ1) is 33.1. The third kappa shape index (κ3) is 6.46. The van der Waals surface area contributed by atoms with E-state index in [9.17, 15) is 4.79 Å². The lowest BCUT2D eigenvalue weighted by atomic mass is 9.70. The van der Waals surface area contributed by atoms with Gasteiger partial charge in [-0.3, -0.25) is 20.1 Å². The first-order chi connectivity index (χ1) is 24.3. The summed E-state index contributed by atoms with van der Waals surface area (Å²) in [6.45, 7) is 9.24. The molecule has 6 heterocycles. The Bertz CT molecular complexity index is 1870. The summed E-state index contributed by atoms with van der Waals surface area (Å²) in [5.74, 6) is 0.811. The van der Waals surface area contributed by atoms with Crippen LogP contribution in [0.1, 0.15) is 74.3 Å². The van der Waals surface area contributed by atoms with Gasteiger partial charge in [0.25, 0.3) is 5.91 Å². The zero-order valence-corrected chi connectivity index (χ0v) is 29.5. The molecule has 0 radical (unpaired) electrons. The average molecular weight is 682 g/mol. The van der Waals surface area contributed by atoms with E-state index < -0.39 is 0 Å². The normalized spacial score (nSPS) is 24.4. The number of anilines is 2. The fraction of sp³-hybridized carbons (Fsp3) is 0.538. The lowest BCUT2D eigenvalue weighted by Gasteiger charge is -2.51. The zero-order chi connectivity index (χ0) is 34.4. The number of nitrogens with zero attached hydrogens (tertiary/aromatic N) is 6. The number of likely N-dealkylation sites (tertiary alicyclic amines) is 1. The van der Waals surface area contributed by atoms with E-state index in [2.05, 4.69) is 31.6 Å². The third-order valence-electron chi connectivity index (χ3n) is 11.9. The predicted molar refractivity (Wildman–Crippen MR) is 192 cm³/mol. The molecule has 11 heteroatoms. The maximum absolute atomic E-state index is 15.9. The minimum atomic E-state index is -0.300. The van der Waals surface area contributed by atoms with E-state index in [1.807, 2.05) is 26.2 Å². The molecule has 3 aliphatic heterocycles. The number of carbonyl (C=O) groups excluding carboxylic acids is 1. The Hall–Kier alpha value is -4.09. The number of nitrogens with one attached hydrogen (secondary N) is 1. The third-order valence-corrected chi connectivity index (χ3v) is 11.9. The van der Waals surface area contributed by atoms with Crippen LogP contribution in [0.5, 0.6) is 5.75 Å². The quantitative estimate of drug-likeness (QED) is 0.251. The number of fused-ring (bicyclic) bond motifs is 7.